The summed E-state index contributed by atoms with van der Waals surface area (Å²) in [6, 6.07) is 10.2. The van der Waals surface area contributed by atoms with Gasteiger partial charge in [-0.25, -0.2) is 0 Å². The van der Waals surface area contributed by atoms with Crippen LogP contribution in [-0.4, -0.2) is 26.9 Å². The van der Waals surface area contributed by atoms with Crippen LogP contribution in [-0.2, 0) is 11.3 Å². The van der Waals surface area contributed by atoms with Crippen molar-refractivity contribution in [1.29, 1.82) is 5.26 Å². The highest BCUT2D eigenvalue weighted by Gasteiger charge is 1.97. The van der Waals surface area contributed by atoms with Crippen LogP contribution in [0.5, 0.6) is 5.75 Å². The molecule has 0 aliphatic heterocycles. The SMILES string of the molecule is COCCNCc1cccc(OCCCCC#N)c1. The van der Waals surface area contributed by atoms with Gasteiger partial charge in [0.25, 0.3) is 0 Å². The van der Waals surface area contributed by atoms with E-state index < -0.39 is 0 Å². The minimum Gasteiger partial charge on any atom is -0.494 e. The molecule has 0 aliphatic carbocycles. The van der Waals surface area contributed by atoms with Gasteiger partial charge < -0.3 is 14.8 Å². The Morgan fingerprint density at radius 2 is 2.16 bits per heavy atom. The summed E-state index contributed by atoms with van der Waals surface area (Å²) < 4.78 is 10.6. The quantitative estimate of drug-likeness (QED) is 0.658. The summed E-state index contributed by atoms with van der Waals surface area (Å²) in [5.41, 5.74) is 1.20. The van der Waals surface area contributed by atoms with E-state index in [-0.39, 0.29) is 0 Å². The number of rotatable bonds is 10. The molecule has 1 aromatic carbocycles. The number of benzene rings is 1. The van der Waals surface area contributed by atoms with Crippen molar-refractivity contribution in [2.75, 3.05) is 26.9 Å². The van der Waals surface area contributed by atoms with E-state index in [1.165, 1.54) is 5.56 Å². The van der Waals surface area contributed by atoms with Gasteiger partial charge in [0.2, 0.25) is 0 Å². The lowest BCUT2D eigenvalue weighted by molar-refractivity contribution is 0.199. The smallest absolute Gasteiger partial charge is 0.119 e. The van der Waals surface area contributed by atoms with Gasteiger partial charge in [0, 0.05) is 26.6 Å². The first kappa shape index (κ1) is 15.5. The van der Waals surface area contributed by atoms with Gasteiger partial charge in [-0.2, -0.15) is 5.26 Å². The van der Waals surface area contributed by atoms with Crippen LogP contribution in [0.25, 0.3) is 0 Å². The molecule has 0 heterocycles. The Kier molecular flexibility index (Phi) is 8.45. The normalized spacial score (nSPS) is 10.1. The number of nitrogens with one attached hydrogen (secondary N) is 1. The molecule has 1 rings (SSSR count). The van der Waals surface area contributed by atoms with Crippen molar-refractivity contribution in [2.24, 2.45) is 0 Å². The largest absolute Gasteiger partial charge is 0.494 e. The second-order valence-electron chi connectivity index (χ2n) is 4.28. The molecule has 0 radical (unpaired) electrons. The van der Waals surface area contributed by atoms with Gasteiger partial charge in [0.05, 0.1) is 19.3 Å². The van der Waals surface area contributed by atoms with E-state index in [2.05, 4.69) is 17.5 Å². The van der Waals surface area contributed by atoms with Crippen molar-refractivity contribution in [1.82, 2.24) is 5.32 Å². The Bertz CT molecular complexity index is 388. The first-order valence-electron chi connectivity index (χ1n) is 6.65. The maximum atomic E-state index is 8.43. The third kappa shape index (κ3) is 7.45. The maximum absolute atomic E-state index is 8.43. The molecule has 0 spiro atoms. The standard InChI is InChI=1S/C15H22N2O2/c1-18-11-9-17-13-14-6-5-7-15(12-14)19-10-4-2-3-8-16/h5-7,12,17H,2-4,9-11,13H2,1H3. The number of ether oxygens (including phenoxy) is 2. The number of hydrogen-bond donors (Lipinski definition) is 1. The average molecular weight is 262 g/mol. The first-order valence-corrected chi connectivity index (χ1v) is 6.65. The Morgan fingerprint density at radius 3 is 2.95 bits per heavy atom. The van der Waals surface area contributed by atoms with Crippen LogP contribution in [0.2, 0.25) is 0 Å². The molecule has 19 heavy (non-hydrogen) atoms. The van der Waals surface area contributed by atoms with E-state index in [9.17, 15) is 0 Å². The van der Waals surface area contributed by atoms with Gasteiger partial charge in [-0.3, -0.25) is 0 Å². The van der Waals surface area contributed by atoms with Crippen LogP contribution in [0.15, 0.2) is 24.3 Å². The zero-order chi connectivity index (χ0) is 13.8. The molecule has 4 heteroatoms. The molecule has 0 amide bonds. The number of nitriles is 1. The fourth-order valence-corrected chi connectivity index (χ4v) is 1.65. The monoisotopic (exact) mass is 262 g/mol. The van der Waals surface area contributed by atoms with Gasteiger partial charge in [-0.05, 0) is 30.5 Å². The number of hydrogen-bond acceptors (Lipinski definition) is 4. The van der Waals surface area contributed by atoms with Crippen molar-refractivity contribution in [3.05, 3.63) is 29.8 Å². The summed E-state index contributed by atoms with van der Waals surface area (Å²) in [6.45, 7) is 3.04. The molecule has 1 N–H and O–H groups in total. The molecule has 4 nitrogen and oxygen atoms in total. The molecule has 0 bridgehead atoms. The van der Waals surface area contributed by atoms with Crippen molar-refractivity contribution in [3.63, 3.8) is 0 Å². The zero-order valence-electron chi connectivity index (χ0n) is 11.5. The van der Waals surface area contributed by atoms with Crippen molar-refractivity contribution >= 4 is 0 Å². The summed E-state index contributed by atoms with van der Waals surface area (Å²) in [5.74, 6) is 0.892. The van der Waals surface area contributed by atoms with Gasteiger partial charge in [-0.15, -0.1) is 0 Å². The van der Waals surface area contributed by atoms with Crippen molar-refractivity contribution in [3.8, 4) is 11.8 Å². The van der Waals surface area contributed by atoms with Gasteiger partial charge in [0.1, 0.15) is 5.75 Å². The van der Waals surface area contributed by atoms with E-state index in [0.717, 1.165) is 38.3 Å². The second kappa shape index (κ2) is 10.4. The summed E-state index contributed by atoms with van der Waals surface area (Å²) >= 11 is 0. The lowest BCUT2D eigenvalue weighted by Gasteiger charge is -2.08. The maximum Gasteiger partial charge on any atom is 0.119 e. The van der Waals surface area contributed by atoms with Crippen LogP contribution in [0.4, 0.5) is 0 Å². The Morgan fingerprint density at radius 1 is 1.26 bits per heavy atom. The topological polar surface area (TPSA) is 54.3 Å². The van der Waals surface area contributed by atoms with Crippen LogP contribution in [0.1, 0.15) is 24.8 Å². The third-order valence-corrected chi connectivity index (χ3v) is 2.66. The molecule has 0 fully saturated rings. The van der Waals surface area contributed by atoms with E-state index in [1.807, 2.05) is 18.2 Å². The van der Waals surface area contributed by atoms with Crippen LogP contribution in [0.3, 0.4) is 0 Å². The van der Waals surface area contributed by atoms with E-state index >= 15 is 0 Å². The van der Waals surface area contributed by atoms with Crippen LogP contribution in [0, 0.1) is 11.3 Å². The molecule has 0 saturated carbocycles. The summed E-state index contributed by atoms with van der Waals surface area (Å²) in [5, 5.41) is 11.7. The fraction of sp³-hybridized carbons (Fsp3) is 0.533. The highest BCUT2D eigenvalue weighted by atomic mass is 16.5. The third-order valence-electron chi connectivity index (χ3n) is 2.66. The Balaban J connectivity index is 2.25. The zero-order valence-corrected chi connectivity index (χ0v) is 11.5. The van der Waals surface area contributed by atoms with Crippen LogP contribution < -0.4 is 10.1 Å². The number of methoxy groups -OCH3 is 1. The van der Waals surface area contributed by atoms with Gasteiger partial charge in [-0.1, -0.05) is 12.1 Å². The van der Waals surface area contributed by atoms with Crippen molar-refractivity contribution in [2.45, 2.75) is 25.8 Å². The molecule has 104 valence electrons. The fourth-order valence-electron chi connectivity index (χ4n) is 1.65. The van der Waals surface area contributed by atoms with Crippen molar-refractivity contribution < 1.29 is 9.47 Å². The molecule has 0 aliphatic rings. The summed E-state index contributed by atoms with van der Waals surface area (Å²) in [4.78, 5) is 0. The number of nitrogens with zero attached hydrogens (tertiary/aromatic N) is 1. The molecule has 0 atom stereocenters. The summed E-state index contributed by atoms with van der Waals surface area (Å²) in [6.07, 6.45) is 2.42. The Hall–Kier alpha value is -1.57. The number of unbranched alkanes of at least 4 members (excludes halogenated alkanes) is 2. The van der Waals surface area contributed by atoms with Crippen LogP contribution >= 0.6 is 0 Å². The van der Waals surface area contributed by atoms with E-state index in [4.69, 9.17) is 14.7 Å². The van der Waals surface area contributed by atoms with E-state index in [1.54, 1.807) is 7.11 Å². The minimum atomic E-state index is 0.604. The van der Waals surface area contributed by atoms with E-state index in [0.29, 0.717) is 13.0 Å². The Labute approximate surface area is 115 Å². The molecule has 0 unspecified atom stereocenters. The lowest BCUT2D eigenvalue weighted by Crippen LogP contribution is -2.18. The summed E-state index contributed by atoms with van der Waals surface area (Å²) in [7, 11) is 1.70. The first-order chi connectivity index (χ1) is 9.36. The molecule has 0 saturated heterocycles. The van der Waals surface area contributed by atoms with Gasteiger partial charge in [0.15, 0.2) is 0 Å². The molecular formula is C15H22N2O2. The highest BCUT2D eigenvalue weighted by molar-refractivity contribution is 5.28. The van der Waals surface area contributed by atoms with Gasteiger partial charge >= 0.3 is 0 Å². The molecule has 1 aromatic rings. The molecular weight excluding hydrogens is 240 g/mol. The molecule has 0 aromatic heterocycles. The highest BCUT2D eigenvalue weighted by Crippen LogP contribution is 2.13. The minimum absolute atomic E-state index is 0.604. The second-order valence-corrected chi connectivity index (χ2v) is 4.28. The average Bonchev–Trinajstić information content (AvgIpc) is 2.44. The predicted octanol–water partition coefficient (Wildman–Crippen LogP) is 2.50. The lowest BCUT2D eigenvalue weighted by atomic mass is 10.2. The predicted molar refractivity (Wildman–Crippen MR) is 75.0 cm³/mol.